The lowest BCUT2D eigenvalue weighted by atomic mass is 10.1. The molecule has 0 saturated carbocycles. The van der Waals surface area contributed by atoms with Crippen molar-refractivity contribution >= 4 is 29.3 Å². The van der Waals surface area contributed by atoms with Crippen molar-refractivity contribution in [1.82, 2.24) is 15.5 Å². The molecular weight excluding hydrogens is 482 g/mol. The highest BCUT2D eigenvalue weighted by atomic mass is 35.5. The molecule has 2 N–H and O–H groups in total. The van der Waals surface area contributed by atoms with E-state index in [-0.39, 0.29) is 11.7 Å². The van der Waals surface area contributed by atoms with Crippen molar-refractivity contribution < 1.29 is 14.4 Å². The highest BCUT2D eigenvalue weighted by molar-refractivity contribution is 7.99. The number of halogens is 1. The van der Waals surface area contributed by atoms with Crippen molar-refractivity contribution in [3.8, 4) is 11.4 Å². The Hall–Kier alpha value is -3.13. The van der Waals surface area contributed by atoms with Gasteiger partial charge < -0.3 is 14.9 Å². The van der Waals surface area contributed by atoms with Gasteiger partial charge in [-0.2, -0.15) is 4.98 Å². The third-order valence-corrected chi connectivity index (χ3v) is 7.12. The van der Waals surface area contributed by atoms with E-state index >= 15 is 0 Å². The van der Waals surface area contributed by atoms with Gasteiger partial charge in [-0.1, -0.05) is 59.2 Å². The molecule has 0 fully saturated rings. The largest absolute Gasteiger partial charge is 0.481 e. The van der Waals surface area contributed by atoms with Crippen molar-refractivity contribution in [1.29, 1.82) is 0 Å². The number of aryl methyl sites for hydroxylation is 2. The summed E-state index contributed by atoms with van der Waals surface area (Å²) >= 11 is 7.78. The lowest BCUT2D eigenvalue weighted by molar-refractivity contribution is -0.136. The first-order chi connectivity index (χ1) is 16.9. The summed E-state index contributed by atoms with van der Waals surface area (Å²) in [5, 5.41) is 16.6. The molecule has 3 aromatic carbocycles. The van der Waals surface area contributed by atoms with E-state index in [1.54, 1.807) is 11.8 Å². The summed E-state index contributed by atoms with van der Waals surface area (Å²) in [5.74, 6) is 0.225. The van der Waals surface area contributed by atoms with Crippen LogP contribution in [0.1, 0.15) is 39.8 Å². The Morgan fingerprint density at radius 1 is 1.06 bits per heavy atom. The molecule has 4 aromatic rings. The van der Waals surface area contributed by atoms with E-state index in [1.807, 2.05) is 48.5 Å². The number of carboxylic acid groups (broad SMARTS) is 1. The van der Waals surface area contributed by atoms with Crippen LogP contribution in [0.25, 0.3) is 11.4 Å². The van der Waals surface area contributed by atoms with E-state index in [0.717, 1.165) is 21.6 Å². The number of carbonyl (C=O) groups is 1. The zero-order valence-electron chi connectivity index (χ0n) is 19.5. The summed E-state index contributed by atoms with van der Waals surface area (Å²) in [7, 11) is 0. The molecule has 6 nitrogen and oxygen atoms in total. The molecule has 0 aliphatic rings. The van der Waals surface area contributed by atoms with Gasteiger partial charge in [0.15, 0.2) is 0 Å². The van der Waals surface area contributed by atoms with Crippen LogP contribution in [0.4, 0.5) is 0 Å². The van der Waals surface area contributed by atoms with E-state index in [2.05, 4.69) is 42.5 Å². The van der Waals surface area contributed by atoms with Crippen molar-refractivity contribution in [3.05, 3.63) is 99.9 Å². The second kappa shape index (κ2) is 11.5. The summed E-state index contributed by atoms with van der Waals surface area (Å²) in [5.41, 5.74) is 5.40. The van der Waals surface area contributed by atoms with Crippen LogP contribution < -0.4 is 5.32 Å². The Balaban J connectivity index is 1.54. The van der Waals surface area contributed by atoms with E-state index in [9.17, 15) is 4.79 Å². The molecule has 1 unspecified atom stereocenters. The maximum atomic E-state index is 10.6. The van der Waals surface area contributed by atoms with Gasteiger partial charge in [-0.3, -0.25) is 4.79 Å². The maximum Gasteiger partial charge on any atom is 0.304 e. The predicted octanol–water partition coefficient (Wildman–Crippen LogP) is 6.45. The van der Waals surface area contributed by atoms with Crippen LogP contribution >= 0.6 is 23.4 Å². The Kier molecular flexibility index (Phi) is 8.23. The molecule has 1 heterocycles. The Bertz CT molecular complexity index is 1290. The van der Waals surface area contributed by atoms with Gasteiger partial charge in [-0.15, -0.1) is 11.8 Å². The predicted molar refractivity (Wildman–Crippen MR) is 139 cm³/mol. The fourth-order valence-electron chi connectivity index (χ4n) is 3.48. The zero-order chi connectivity index (χ0) is 24.8. The summed E-state index contributed by atoms with van der Waals surface area (Å²) in [6.45, 7) is 5.22. The minimum Gasteiger partial charge on any atom is -0.481 e. The number of benzene rings is 3. The molecule has 4 rings (SSSR count). The highest BCUT2D eigenvalue weighted by Crippen LogP contribution is 2.41. The van der Waals surface area contributed by atoms with E-state index in [0.29, 0.717) is 29.8 Å². The molecule has 0 spiro atoms. The molecule has 0 saturated heterocycles. The normalized spacial score (nSPS) is 12.0. The summed E-state index contributed by atoms with van der Waals surface area (Å²) in [6.07, 6.45) is 0.0959. The average Bonchev–Trinajstić information content (AvgIpc) is 3.33. The Morgan fingerprint density at radius 2 is 1.80 bits per heavy atom. The molecule has 0 amide bonds. The minimum absolute atomic E-state index is 0.0959. The number of hydrogen-bond acceptors (Lipinski definition) is 6. The first-order valence-corrected chi connectivity index (χ1v) is 12.5. The van der Waals surface area contributed by atoms with E-state index in [4.69, 9.17) is 26.2 Å². The van der Waals surface area contributed by atoms with Gasteiger partial charge in [-0.25, -0.2) is 0 Å². The lowest BCUT2D eigenvalue weighted by Gasteiger charge is -2.14. The highest BCUT2D eigenvalue weighted by Gasteiger charge is 2.23. The van der Waals surface area contributed by atoms with Crippen LogP contribution in [0.5, 0.6) is 0 Å². The summed E-state index contributed by atoms with van der Waals surface area (Å²) in [4.78, 5) is 16.5. The second-order valence-electron chi connectivity index (χ2n) is 8.27. The molecule has 8 heteroatoms. The van der Waals surface area contributed by atoms with Gasteiger partial charge in [0.1, 0.15) is 5.25 Å². The molecule has 0 radical (unpaired) electrons. The van der Waals surface area contributed by atoms with E-state index < -0.39 is 5.97 Å². The van der Waals surface area contributed by atoms with Gasteiger partial charge in [0.25, 0.3) is 0 Å². The lowest BCUT2D eigenvalue weighted by Crippen LogP contribution is -2.17. The minimum atomic E-state index is -0.812. The molecular formula is C27H26ClN3O3S. The zero-order valence-corrected chi connectivity index (χ0v) is 21.1. The fourth-order valence-corrected chi connectivity index (χ4v) is 4.76. The van der Waals surface area contributed by atoms with Gasteiger partial charge in [0, 0.05) is 28.6 Å². The number of nitrogens with zero attached hydrogens (tertiary/aromatic N) is 2. The second-order valence-corrected chi connectivity index (χ2v) is 9.88. The van der Waals surface area contributed by atoms with Crippen LogP contribution in [0, 0.1) is 13.8 Å². The number of aliphatic carboxylic acids is 1. The van der Waals surface area contributed by atoms with Crippen LogP contribution in [-0.4, -0.2) is 27.8 Å². The van der Waals surface area contributed by atoms with Crippen molar-refractivity contribution in [2.45, 2.75) is 37.0 Å². The Morgan fingerprint density at radius 3 is 2.49 bits per heavy atom. The SMILES string of the molecule is Cc1ccc(SC(c2ccc(Cl)cc2)c2nc(-c3ccc(CNCCC(=O)O)cc3)no2)cc1C. The first kappa shape index (κ1) is 25.0. The topological polar surface area (TPSA) is 88.2 Å². The van der Waals surface area contributed by atoms with Gasteiger partial charge in [0.2, 0.25) is 11.7 Å². The van der Waals surface area contributed by atoms with Crippen LogP contribution in [0.15, 0.2) is 76.1 Å². The fraction of sp³-hybridized carbons (Fsp3) is 0.222. The summed E-state index contributed by atoms with van der Waals surface area (Å²) in [6, 6.07) is 21.9. The number of thioether (sulfide) groups is 1. The molecule has 35 heavy (non-hydrogen) atoms. The number of hydrogen-bond donors (Lipinski definition) is 2. The molecule has 1 aromatic heterocycles. The third-order valence-electron chi connectivity index (χ3n) is 5.63. The third kappa shape index (κ3) is 6.72. The average molecular weight is 508 g/mol. The molecule has 0 aliphatic heterocycles. The maximum absolute atomic E-state index is 10.6. The van der Waals surface area contributed by atoms with E-state index in [1.165, 1.54) is 11.1 Å². The van der Waals surface area contributed by atoms with Gasteiger partial charge in [-0.05, 0) is 60.4 Å². The first-order valence-electron chi connectivity index (χ1n) is 11.2. The van der Waals surface area contributed by atoms with Gasteiger partial charge >= 0.3 is 5.97 Å². The molecule has 180 valence electrons. The van der Waals surface area contributed by atoms with Crippen molar-refractivity contribution in [2.75, 3.05) is 6.54 Å². The van der Waals surface area contributed by atoms with Crippen LogP contribution in [0.3, 0.4) is 0 Å². The quantitative estimate of drug-likeness (QED) is 0.188. The van der Waals surface area contributed by atoms with Gasteiger partial charge in [0.05, 0.1) is 6.42 Å². The monoisotopic (exact) mass is 507 g/mol. The molecule has 0 bridgehead atoms. The number of carboxylic acids is 1. The number of rotatable bonds is 10. The summed E-state index contributed by atoms with van der Waals surface area (Å²) < 4.78 is 5.74. The number of aromatic nitrogens is 2. The Labute approximate surface area is 213 Å². The van der Waals surface area contributed by atoms with Crippen LogP contribution in [-0.2, 0) is 11.3 Å². The molecule has 1 atom stereocenters. The van der Waals surface area contributed by atoms with Crippen LogP contribution in [0.2, 0.25) is 5.02 Å². The standard InChI is InChI=1S/C27H26ClN3O3S/c1-17-3-12-23(15-18(17)2)35-25(20-8-10-22(28)11-9-20)27-30-26(31-34-27)21-6-4-19(5-7-21)16-29-14-13-24(32)33/h3-12,15,25,29H,13-14,16H2,1-2H3,(H,32,33). The molecule has 0 aliphatic carbocycles. The van der Waals surface area contributed by atoms with Crippen molar-refractivity contribution in [3.63, 3.8) is 0 Å². The smallest absolute Gasteiger partial charge is 0.304 e. The van der Waals surface area contributed by atoms with Crippen molar-refractivity contribution in [2.24, 2.45) is 0 Å². The number of nitrogens with one attached hydrogen (secondary N) is 1.